The first-order valence-electron chi connectivity index (χ1n) is 8.60. The lowest BCUT2D eigenvalue weighted by Crippen LogP contribution is -2.33. The van der Waals surface area contributed by atoms with Crippen LogP contribution in [0, 0.1) is 6.92 Å². The minimum Gasteiger partial charge on any atom is -0.383 e. The number of hydrogen-bond acceptors (Lipinski definition) is 6. The van der Waals surface area contributed by atoms with E-state index < -0.39 is 0 Å². The Bertz CT molecular complexity index is 1090. The van der Waals surface area contributed by atoms with Crippen molar-refractivity contribution in [3.8, 4) is 0 Å². The Labute approximate surface area is 160 Å². The van der Waals surface area contributed by atoms with Crippen LogP contribution in [-0.4, -0.2) is 51.1 Å². The number of amides is 1. The third-order valence-electron chi connectivity index (χ3n) is 4.51. The maximum Gasteiger partial charge on any atom is 0.264 e. The van der Waals surface area contributed by atoms with Crippen molar-refractivity contribution >= 4 is 33.8 Å². The van der Waals surface area contributed by atoms with Crippen LogP contribution in [0.15, 0.2) is 41.8 Å². The van der Waals surface area contributed by atoms with E-state index in [2.05, 4.69) is 21.6 Å². The Morgan fingerprint density at radius 2 is 2.19 bits per heavy atom. The Balaban J connectivity index is 1.77. The Morgan fingerprint density at radius 3 is 2.96 bits per heavy atom. The normalized spacial score (nSPS) is 11.3. The maximum absolute atomic E-state index is 12.9. The van der Waals surface area contributed by atoms with E-state index in [-0.39, 0.29) is 5.91 Å². The molecule has 0 saturated heterocycles. The van der Waals surface area contributed by atoms with Crippen molar-refractivity contribution in [2.24, 2.45) is 0 Å². The lowest BCUT2D eigenvalue weighted by atomic mass is 10.1. The Kier molecular flexibility index (Phi) is 4.83. The number of aromatic nitrogens is 4. The molecule has 1 amide bonds. The van der Waals surface area contributed by atoms with Crippen molar-refractivity contribution < 1.29 is 9.53 Å². The van der Waals surface area contributed by atoms with E-state index in [0.29, 0.717) is 30.2 Å². The molecule has 0 aliphatic rings. The number of carbonyl (C=O) groups excluding carboxylic acids is 1. The second-order valence-electron chi connectivity index (χ2n) is 6.29. The molecule has 0 radical (unpaired) electrons. The zero-order valence-electron chi connectivity index (χ0n) is 15.1. The molecule has 0 aliphatic carbocycles. The summed E-state index contributed by atoms with van der Waals surface area (Å²) in [6.07, 6.45) is 0. The molecule has 0 atom stereocenters. The quantitative estimate of drug-likeness (QED) is 0.513. The van der Waals surface area contributed by atoms with Gasteiger partial charge >= 0.3 is 0 Å². The number of carbonyl (C=O) groups is 1. The van der Waals surface area contributed by atoms with Crippen molar-refractivity contribution in [2.75, 3.05) is 20.3 Å². The number of thiophene rings is 1. The van der Waals surface area contributed by atoms with Crippen LogP contribution in [0.5, 0.6) is 0 Å². The van der Waals surface area contributed by atoms with Crippen molar-refractivity contribution in [3.63, 3.8) is 0 Å². The number of aryl methyl sites for hydroxylation is 1. The molecule has 0 aliphatic heterocycles. The molecular formula is C19H19N5O2S. The fourth-order valence-corrected chi connectivity index (χ4v) is 3.90. The monoisotopic (exact) mass is 381 g/mol. The van der Waals surface area contributed by atoms with Crippen LogP contribution in [0.3, 0.4) is 0 Å². The minimum atomic E-state index is -0.0167. The molecule has 0 bridgehead atoms. The minimum absolute atomic E-state index is 0.0167. The fourth-order valence-electron chi connectivity index (χ4n) is 3.21. The van der Waals surface area contributed by atoms with Crippen molar-refractivity contribution in [3.05, 3.63) is 57.8 Å². The average molecular weight is 381 g/mol. The third-order valence-corrected chi connectivity index (χ3v) is 5.37. The first kappa shape index (κ1) is 17.6. The SMILES string of the molecule is COCCN(Cc1cc2cccc(C)c2n2nnnc12)C(=O)c1cccs1. The second-order valence-corrected chi connectivity index (χ2v) is 7.24. The molecule has 3 heterocycles. The number of tetrazole rings is 1. The van der Waals surface area contributed by atoms with Crippen LogP contribution in [0.25, 0.3) is 16.6 Å². The topological polar surface area (TPSA) is 72.6 Å². The van der Waals surface area contributed by atoms with Gasteiger partial charge in [-0.25, -0.2) is 0 Å². The summed E-state index contributed by atoms with van der Waals surface area (Å²) in [5.74, 6) is -0.0167. The van der Waals surface area contributed by atoms with Gasteiger partial charge in [-0.2, -0.15) is 4.52 Å². The number of pyridine rings is 1. The van der Waals surface area contributed by atoms with E-state index >= 15 is 0 Å². The summed E-state index contributed by atoms with van der Waals surface area (Å²) in [7, 11) is 1.63. The molecule has 27 heavy (non-hydrogen) atoms. The van der Waals surface area contributed by atoms with Crippen LogP contribution >= 0.6 is 11.3 Å². The summed E-state index contributed by atoms with van der Waals surface area (Å²) in [4.78, 5) is 15.4. The molecule has 4 rings (SSSR count). The Morgan fingerprint density at radius 1 is 1.30 bits per heavy atom. The van der Waals surface area contributed by atoms with Gasteiger partial charge in [-0.3, -0.25) is 4.79 Å². The van der Waals surface area contributed by atoms with E-state index in [0.717, 1.165) is 22.0 Å². The number of para-hydroxylation sites is 1. The predicted octanol–water partition coefficient (Wildman–Crippen LogP) is 2.94. The van der Waals surface area contributed by atoms with Crippen LogP contribution in [0.1, 0.15) is 20.8 Å². The highest BCUT2D eigenvalue weighted by molar-refractivity contribution is 7.12. The van der Waals surface area contributed by atoms with Gasteiger partial charge < -0.3 is 9.64 Å². The number of methoxy groups -OCH3 is 1. The van der Waals surface area contributed by atoms with Gasteiger partial charge in [0.1, 0.15) is 0 Å². The van der Waals surface area contributed by atoms with Crippen LogP contribution in [0.4, 0.5) is 0 Å². The average Bonchev–Trinajstić information content (AvgIpc) is 3.36. The van der Waals surface area contributed by atoms with Crippen molar-refractivity contribution in [1.29, 1.82) is 0 Å². The van der Waals surface area contributed by atoms with Gasteiger partial charge in [0.2, 0.25) is 0 Å². The van der Waals surface area contributed by atoms with Gasteiger partial charge in [-0.15, -0.1) is 16.4 Å². The first-order chi connectivity index (χ1) is 13.2. The second kappa shape index (κ2) is 7.42. The summed E-state index contributed by atoms with van der Waals surface area (Å²) in [6, 6.07) is 11.9. The van der Waals surface area contributed by atoms with Gasteiger partial charge in [0.25, 0.3) is 5.91 Å². The molecule has 0 N–H and O–H groups in total. The highest BCUT2D eigenvalue weighted by atomic mass is 32.1. The van der Waals surface area contributed by atoms with Crippen molar-refractivity contribution in [1.82, 2.24) is 24.9 Å². The third kappa shape index (κ3) is 3.29. The van der Waals surface area contributed by atoms with Gasteiger partial charge in [-0.1, -0.05) is 24.3 Å². The number of rotatable bonds is 6. The van der Waals surface area contributed by atoms with Crippen LogP contribution in [0.2, 0.25) is 0 Å². The molecule has 3 aromatic heterocycles. The molecule has 138 valence electrons. The summed E-state index contributed by atoms with van der Waals surface area (Å²) in [6.45, 7) is 3.40. The molecule has 4 aromatic rings. The molecule has 0 saturated carbocycles. The number of hydrogen-bond donors (Lipinski definition) is 0. The lowest BCUT2D eigenvalue weighted by molar-refractivity contribution is 0.0686. The Hall–Kier alpha value is -2.84. The molecule has 8 heteroatoms. The molecule has 7 nitrogen and oxygen atoms in total. The van der Waals surface area contributed by atoms with E-state index in [4.69, 9.17) is 4.74 Å². The standard InChI is InChI=1S/C19H19N5O2S/c1-13-5-3-6-14-11-15(18-20-21-22-24(18)17(13)14)12-23(8-9-26-2)19(25)16-7-4-10-27-16/h3-7,10-11H,8-9,12H2,1-2H3. The van der Waals surface area contributed by atoms with E-state index in [1.165, 1.54) is 11.3 Å². The van der Waals surface area contributed by atoms with Gasteiger partial charge in [0, 0.05) is 31.1 Å². The summed E-state index contributed by atoms with van der Waals surface area (Å²) in [5.41, 5.74) is 3.65. The van der Waals surface area contributed by atoms with E-state index in [1.807, 2.05) is 42.6 Å². The largest absolute Gasteiger partial charge is 0.383 e. The van der Waals surface area contributed by atoms with Crippen LogP contribution < -0.4 is 0 Å². The molecule has 0 fully saturated rings. The first-order valence-corrected chi connectivity index (χ1v) is 9.48. The van der Waals surface area contributed by atoms with Crippen LogP contribution in [-0.2, 0) is 11.3 Å². The lowest BCUT2D eigenvalue weighted by Gasteiger charge is -2.22. The summed E-state index contributed by atoms with van der Waals surface area (Å²) >= 11 is 1.44. The number of fused-ring (bicyclic) bond motifs is 3. The maximum atomic E-state index is 12.9. The smallest absolute Gasteiger partial charge is 0.264 e. The van der Waals surface area contributed by atoms with Gasteiger partial charge in [0.05, 0.1) is 17.0 Å². The number of ether oxygens (including phenoxy) is 1. The summed E-state index contributed by atoms with van der Waals surface area (Å²) in [5, 5.41) is 15.2. The number of benzene rings is 1. The molecule has 0 spiro atoms. The van der Waals surface area contributed by atoms with Crippen molar-refractivity contribution in [2.45, 2.75) is 13.5 Å². The van der Waals surface area contributed by atoms with E-state index in [1.54, 1.807) is 16.5 Å². The highest BCUT2D eigenvalue weighted by Gasteiger charge is 2.20. The molecule has 0 unspecified atom stereocenters. The zero-order valence-corrected chi connectivity index (χ0v) is 15.9. The van der Waals surface area contributed by atoms with Gasteiger partial charge in [0.15, 0.2) is 5.65 Å². The molecule has 1 aromatic carbocycles. The van der Waals surface area contributed by atoms with E-state index in [9.17, 15) is 4.79 Å². The molecular weight excluding hydrogens is 362 g/mol. The number of nitrogens with zero attached hydrogens (tertiary/aromatic N) is 5. The zero-order chi connectivity index (χ0) is 18.8. The fraction of sp³-hybridized carbons (Fsp3) is 0.263. The summed E-state index contributed by atoms with van der Waals surface area (Å²) < 4.78 is 6.95. The predicted molar refractivity (Wildman–Crippen MR) is 104 cm³/mol. The highest BCUT2D eigenvalue weighted by Crippen LogP contribution is 2.24. The van der Waals surface area contributed by atoms with Gasteiger partial charge in [-0.05, 0) is 40.4 Å².